The molecule has 8 nitrogen and oxygen atoms in total. The first-order valence-corrected chi connectivity index (χ1v) is 12.8. The van der Waals surface area contributed by atoms with Crippen molar-refractivity contribution in [1.82, 2.24) is 0 Å². The number of hydrogen-bond acceptors (Lipinski definition) is 8. The summed E-state index contributed by atoms with van der Waals surface area (Å²) in [7, 11) is 0. The highest BCUT2D eigenvalue weighted by molar-refractivity contribution is 5.77. The third-order valence-corrected chi connectivity index (χ3v) is 10.7. The molecular formula is C26H40O8. The van der Waals surface area contributed by atoms with Crippen LogP contribution in [0.15, 0.2) is 12.2 Å². The topological polar surface area (TPSA) is 137 Å². The first-order chi connectivity index (χ1) is 15.9. The molecule has 0 aromatic rings. The molecule has 192 valence electrons. The van der Waals surface area contributed by atoms with E-state index in [9.17, 15) is 30.3 Å². The highest BCUT2D eigenvalue weighted by Crippen LogP contribution is 2.73. The SMILES string of the molecule is C=C1C[C@]23CC[C@H]4[C@@](C)(CCC[C@@]4(C)C(=O)O[C@@H]4O[C@H](CO)[C@@H](O)[C@H](O)[C@H]4O)[C@@H]2CCC1(O)C3. The third-order valence-electron chi connectivity index (χ3n) is 10.7. The summed E-state index contributed by atoms with van der Waals surface area (Å²) in [6.45, 7) is 7.91. The number of hydrogen-bond donors (Lipinski definition) is 5. The quantitative estimate of drug-likeness (QED) is 0.302. The number of esters is 1. The number of ether oxygens (including phenoxy) is 2. The number of fused-ring (bicyclic) bond motifs is 3. The molecule has 34 heavy (non-hydrogen) atoms. The summed E-state index contributed by atoms with van der Waals surface area (Å²) < 4.78 is 11.1. The Labute approximate surface area is 201 Å². The van der Waals surface area contributed by atoms with Crippen LogP contribution in [0.2, 0.25) is 0 Å². The molecule has 5 aliphatic rings. The lowest BCUT2D eigenvalue weighted by molar-refractivity contribution is -0.298. The van der Waals surface area contributed by atoms with E-state index in [0.29, 0.717) is 12.3 Å². The molecule has 1 saturated heterocycles. The fourth-order valence-electron chi connectivity index (χ4n) is 9.00. The molecule has 1 unspecified atom stereocenters. The summed E-state index contributed by atoms with van der Waals surface area (Å²) in [5.74, 6) is 0.0200. The minimum absolute atomic E-state index is 0.0504. The van der Waals surface area contributed by atoms with Crippen molar-refractivity contribution in [2.24, 2.45) is 28.1 Å². The van der Waals surface area contributed by atoms with Crippen molar-refractivity contribution in [2.45, 2.75) is 108 Å². The van der Waals surface area contributed by atoms with Gasteiger partial charge in [-0.05, 0) is 86.5 Å². The van der Waals surface area contributed by atoms with Crippen LogP contribution in [0, 0.1) is 28.1 Å². The molecule has 5 N–H and O–H groups in total. The van der Waals surface area contributed by atoms with Gasteiger partial charge in [0.25, 0.3) is 0 Å². The van der Waals surface area contributed by atoms with E-state index in [1.165, 1.54) is 0 Å². The van der Waals surface area contributed by atoms with E-state index in [1.54, 1.807) is 0 Å². The second-order valence-corrected chi connectivity index (χ2v) is 12.4. The van der Waals surface area contributed by atoms with Crippen LogP contribution >= 0.6 is 0 Å². The smallest absolute Gasteiger partial charge is 0.314 e. The van der Waals surface area contributed by atoms with Crippen molar-refractivity contribution in [1.29, 1.82) is 0 Å². The number of aliphatic hydroxyl groups is 5. The normalized spacial score (nSPS) is 54.8. The predicted molar refractivity (Wildman–Crippen MR) is 121 cm³/mol. The molecule has 1 heterocycles. The summed E-state index contributed by atoms with van der Waals surface area (Å²) in [6.07, 6.45) is 0.422. The Hall–Kier alpha value is -1.03. The van der Waals surface area contributed by atoms with Gasteiger partial charge in [0.2, 0.25) is 6.29 Å². The van der Waals surface area contributed by atoms with E-state index < -0.39 is 54.3 Å². The van der Waals surface area contributed by atoms with E-state index >= 15 is 0 Å². The van der Waals surface area contributed by atoms with Gasteiger partial charge < -0.3 is 35.0 Å². The van der Waals surface area contributed by atoms with E-state index in [2.05, 4.69) is 13.5 Å². The standard InChI is InChI=1S/C26H40O8/c1-14-11-25-9-5-16-23(2,17(25)6-10-26(14,32)13-25)7-4-8-24(16,3)22(31)34-21-20(30)19(29)18(28)15(12-27)33-21/h15-21,27-30,32H,1,4-13H2,2-3H3/t15-,16+,17+,18-,19+,20-,21+,23-,24-,25+,26?/m1/s1. The Morgan fingerprint density at radius 1 is 1.06 bits per heavy atom. The van der Waals surface area contributed by atoms with Crippen LogP contribution in [0.4, 0.5) is 0 Å². The largest absolute Gasteiger partial charge is 0.432 e. The van der Waals surface area contributed by atoms with Crippen molar-refractivity contribution in [3.05, 3.63) is 12.2 Å². The van der Waals surface area contributed by atoms with E-state index in [-0.39, 0.29) is 16.7 Å². The highest BCUT2D eigenvalue weighted by Gasteiger charge is 2.68. The zero-order valence-corrected chi connectivity index (χ0v) is 20.3. The number of rotatable bonds is 3. The van der Waals surface area contributed by atoms with Gasteiger partial charge in [0.15, 0.2) is 0 Å². The Bertz CT molecular complexity index is 860. The van der Waals surface area contributed by atoms with Gasteiger partial charge in [-0.25, -0.2) is 0 Å². The summed E-state index contributed by atoms with van der Waals surface area (Å²) >= 11 is 0. The lowest BCUT2D eigenvalue weighted by Crippen LogP contribution is -2.62. The van der Waals surface area contributed by atoms with Crippen molar-refractivity contribution in [2.75, 3.05) is 6.61 Å². The van der Waals surface area contributed by atoms with Gasteiger partial charge in [-0.2, -0.15) is 0 Å². The molecule has 4 saturated carbocycles. The first kappa shape index (κ1) is 24.7. The Balaban J connectivity index is 1.39. The van der Waals surface area contributed by atoms with Gasteiger partial charge in [-0.15, -0.1) is 0 Å². The van der Waals surface area contributed by atoms with Crippen molar-refractivity contribution >= 4 is 5.97 Å². The Kier molecular flexibility index (Phi) is 5.79. The Morgan fingerprint density at radius 2 is 1.76 bits per heavy atom. The molecule has 0 aromatic heterocycles. The van der Waals surface area contributed by atoms with Gasteiger partial charge in [0.1, 0.15) is 24.4 Å². The summed E-state index contributed by atoms with van der Waals surface area (Å²) in [5, 5.41) is 51.1. The summed E-state index contributed by atoms with van der Waals surface area (Å²) in [5.41, 5.74) is -0.575. The van der Waals surface area contributed by atoms with Crippen LogP contribution in [0.5, 0.6) is 0 Å². The van der Waals surface area contributed by atoms with Crippen LogP contribution in [-0.2, 0) is 14.3 Å². The molecule has 5 fully saturated rings. The van der Waals surface area contributed by atoms with Crippen LogP contribution in [0.25, 0.3) is 0 Å². The molecule has 0 radical (unpaired) electrons. The van der Waals surface area contributed by atoms with Crippen LogP contribution in [-0.4, -0.2) is 74.4 Å². The maximum absolute atomic E-state index is 13.7. The van der Waals surface area contributed by atoms with Crippen molar-refractivity contribution in [3.8, 4) is 0 Å². The minimum atomic E-state index is -1.60. The summed E-state index contributed by atoms with van der Waals surface area (Å²) in [6, 6.07) is 0. The molecule has 11 atom stereocenters. The summed E-state index contributed by atoms with van der Waals surface area (Å²) in [4.78, 5) is 13.7. The molecule has 4 aliphatic carbocycles. The maximum atomic E-state index is 13.7. The minimum Gasteiger partial charge on any atom is -0.432 e. The number of aliphatic hydroxyl groups excluding tert-OH is 4. The van der Waals surface area contributed by atoms with Gasteiger partial charge in [-0.3, -0.25) is 4.79 Å². The van der Waals surface area contributed by atoms with Gasteiger partial charge in [-0.1, -0.05) is 19.9 Å². The van der Waals surface area contributed by atoms with Gasteiger partial charge >= 0.3 is 5.97 Å². The molecule has 1 spiro atoms. The fourth-order valence-corrected chi connectivity index (χ4v) is 9.00. The second kappa shape index (κ2) is 7.98. The average Bonchev–Trinajstić information content (AvgIpc) is 2.96. The Morgan fingerprint density at radius 3 is 2.47 bits per heavy atom. The molecule has 0 aromatic carbocycles. The fraction of sp³-hybridized carbons (Fsp3) is 0.885. The maximum Gasteiger partial charge on any atom is 0.314 e. The van der Waals surface area contributed by atoms with Crippen LogP contribution in [0.1, 0.15) is 71.6 Å². The van der Waals surface area contributed by atoms with E-state index in [1.807, 2.05) is 6.92 Å². The molecular weight excluding hydrogens is 440 g/mol. The lowest BCUT2D eigenvalue weighted by atomic mass is 9.41. The monoisotopic (exact) mass is 480 g/mol. The molecule has 1 aliphatic heterocycles. The van der Waals surface area contributed by atoms with Crippen molar-refractivity contribution in [3.63, 3.8) is 0 Å². The van der Waals surface area contributed by atoms with Crippen molar-refractivity contribution < 1.29 is 39.8 Å². The van der Waals surface area contributed by atoms with Crippen LogP contribution < -0.4 is 0 Å². The molecule has 0 amide bonds. The zero-order chi connectivity index (χ0) is 24.7. The molecule has 5 rings (SSSR count). The number of carbonyl (C=O) groups excluding carboxylic acids is 1. The predicted octanol–water partition coefficient (Wildman–Crippen LogP) is 1.41. The first-order valence-electron chi connectivity index (χ1n) is 12.8. The lowest BCUT2D eigenvalue weighted by Gasteiger charge is -2.63. The highest BCUT2D eigenvalue weighted by atomic mass is 16.7. The third kappa shape index (κ3) is 3.29. The van der Waals surface area contributed by atoms with Crippen LogP contribution in [0.3, 0.4) is 0 Å². The molecule has 8 heteroatoms. The van der Waals surface area contributed by atoms with Gasteiger partial charge in [0, 0.05) is 0 Å². The molecule has 2 bridgehead atoms. The van der Waals surface area contributed by atoms with E-state index in [4.69, 9.17) is 9.47 Å². The zero-order valence-electron chi connectivity index (χ0n) is 20.3. The average molecular weight is 481 g/mol. The second-order valence-electron chi connectivity index (χ2n) is 12.4. The number of carbonyl (C=O) groups is 1. The van der Waals surface area contributed by atoms with Gasteiger partial charge in [0.05, 0.1) is 17.6 Å². The van der Waals surface area contributed by atoms with E-state index in [0.717, 1.165) is 56.9 Å².